The number of rotatable bonds is 16. The highest BCUT2D eigenvalue weighted by Crippen LogP contribution is 2.50. The summed E-state index contributed by atoms with van der Waals surface area (Å²) < 4.78 is 29.0. The van der Waals surface area contributed by atoms with Crippen molar-refractivity contribution in [1.82, 2.24) is 0 Å². The van der Waals surface area contributed by atoms with Crippen LogP contribution in [0.4, 0.5) is 64.1 Å². The Morgan fingerprint density at radius 2 is 0.617 bits per heavy atom. The van der Waals surface area contributed by atoms with Gasteiger partial charge in [-0.2, -0.15) is 0 Å². The van der Waals surface area contributed by atoms with Crippen LogP contribution in [0.5, 0.6) is 0 Å². The Kier molecular flexibility index (Phi) is 39.1. The first-order chi connectivity index (χ1) is 69.3. The molecule has 10 N–H and O–H groups in total. The van der Waals surface area contributed by atoms with Crippen molar-refractivity contribution in [2.45, 2.75) is 193 Å². The third-order valence-corrected chi connectivity index (χ3v) is 25.7. The smallest absolute Gasteiger partial charge is 0.762 e. The molecule has 1 heterocycles. The lowest BCUT2D eigenvalue weighted by atomic mass is 9.73. The van der Waals surface area contributed by atoms with Gasteiger partial charge < -0.3 is 57.9 Å². The van der Waals surface area contributed by atoms with E-state index in [1.165, 1.54) is 105 Å². The lowest BCUT2D eigenvalue weighted by Gasteiger charge is -2.38. The Balaban J connectivity index is 0.000000187. The first-order valence-electron chi connectivity index (χ1n) is 51.8. The van der Waals surface area contributed by atoms with Gasteiger partial charge in [-0.25, -0.2) is 0 Å². The summed E-state index contributed by atoms with van der Waals surface area (Å²) in [5.41, 5.74) is 35.2. The van der Waals surface area contributed by atoms with Gasteiger partial charge in [-0.1, -0.05) is 442 Å². The molecule has 786 valence electrons. The number of anilines is 9. The predicted molar refractivity (Wildman–Crippen MR) is 637 cm³/mol. The molecule has 2 atom stereocenters. The standard InChI is InChI=1S/C30H32N2O2.C30H36N2.C23H32N2.C22H32N2.C20H18N2.C5H9ClO.BF3.FH/c1-29(2,3)27(33)31-23-17-15-19-11-7-9-13-21(19)25(23)26-22-14-10-8-12-20(22)16-18-24(26)32-28(34)30(4,5)6;1-29(2,3)19-31-25-17-15-21-11-7-9-13-23(21)27(25)28-24-14-10-8-12-22(24)16-18-26(28)32-20-30(4,5)6;1-22(2,3)15-24-17-25(16-23(4,5)6)21-14-10-8-12-19(21)18-11-7-9-13-20(18)24;1-21(2,3)15-23-19-13-9-7-11-17(19)18-12-8-10-14-20(18)24-16-22(4,5)6;21-17-11-9-13-5-1-3-7-15(13)19(17)20-16-8-4-2-6-14(16)10-12-18(20)22;1-5(2,3)4(6)7;2-1(3)4;/h7-18H,1-6H3,(H,31,33)(H,32,34);7-18,31-32H,19-20H2,1-6H3;7-14H,15-17H2,1-6H3;7-14,23-24H,15-16H2,1-6H3;1-12,15,19H,21-22H2;1-3H3;;1H/p-1/t;;;;15?,19-;;;/m....0.../s1. The van der Waals surface area contributed by atoms with Crippen LogP contribution in [0.15, 0.2) is 327 Å². The van der Waals surface area contributed by atoms with Crippen LogP contribution in [0, 0.1) is 54.7 Å². The maximum Gasteiger partial charge on any atom is 0.762 e. The number of carbonyl (C=O) groups excluding carboxylic acids is 3. The Hall–Kier alpha value is -13.6. The molecule has 0 bridgehead atoms. The first kappa shape index (κ1) is 117. The van der Waals surface area contributed by atoms with Crippen molar-refractivity contribution in [3.63, 3.8) is 0 Å². The average molecular weight is 2030 g/mol. The minimum atomic E-state index is -3.67. The summed E-state index contributed by atoms with van der Waals surface area (Å²) in [6.07, 6.45) is 12.7. The number of hydrogen-bond donors (Lipinski definition) is 8. The second kappa shape index (κ2) is 49.7. The number of nitrogens with one attached hydrogen (secondary N) is 6. The third-order valence-electron chi connectivity index (χ3n) is 25.1. The van der Waals surface area contributed by atoms with Crippen LogP contribution in [0.25, 0.3) is 98.4 Å². The molecule has 0 saturated carbocycles. The molecule has 149 heavy (non-hydrogen) atoms. The van der Waals surface area contributed by atoms with Gasteiger partial charge >= 0.3 is 7.54 Å². The molecule has 2 aliphatic carbocycles. The Morgan fingerprint density at radius 1 is 0.336 bits per heavy atom. The van der Waals surface area contributed by atoms with E-state index < -0.39 is 18.4 Å². The lowest BCUT2D eigenvalue weighted by molar-refractivity contribution is -0.123. The summed E-state index contributed by atoms with van der Waals surface area (Å²) in [5.74, 6) is 0.212. The number of halogens is 5. The molecule has 0 saturated heterocycles. The van der Waals surface area contributed by atoms with Gasteiger partial charge in [0.05, 0.1) is 6.67 Å². The SMILES string of the molecule is CC(C)(C)C(=O)Cl.CC(C)(C)C(=O)Nc1ccc2ccccc2c1-c1c(NC(=O)C(C)(C)C)ccc2ccccc12.CC(C)(C)CN1CN(CC(C)(C)C)c2ccccc2-c2ccccc21.CC(C)(C)CNc1ccc2ccccc2c1-c1c(NCC(C)(C)C)ccc2ccccc12.CC(C)(C)CNc1ccccc1-c1ccccc1NCC(C)(C)C.FB(F)F.NC1=CC=C2C=CC=CC2[C@@H]1c1c(N)ccc2ccccc12.[F-]. The Bertz CT molecular complexity index is 6770. The molecule has 2 amide bonds. The van der Waals surface area contributed by atoms with Crippen molar-refractivity contribution in [2.24, 2.45) is 60.4 Å². The number of para-hydroxylation sites is 4. The second-order valence-corrected chi connectivity index (χ2v) is 49.7. The van der Waals surface area contributed by atoms with Gasteiger partial charge in [0.15, 0.2) is 0 Å². The largest absolute Gasteiger partial charge is 1.00 e. The van der Waals surface area contributed by atoms with E-state index >= 15 is 0 Å². The molecule has 14 aromatic rings. The van der Waals surface area contributed by atoms with Crippen LogP contribution in [-0.4, -0.2) is 70.5 Å². The minimum Gasteiger partial charge on any atom is -1.00 e. The number of benzene rings is 14. The van der Waals surface area contributed by atoms with Crippen molar-refractivity contribution in [3.8, 4) is 44.5 Å². The molecular weight excluding hydrogens is 1870 g/mol. The monoisotopic (exact) mass is 2030 g/mol. The van der Waals surface area contributed by atoms with E-state index in [9.17, 15) is 27.3 Å². The van der Waals surface area contributed by atoms with Crippen molar-refractivity contribution in [2.75, 3.05) is 93.4 Å². The van der Waals surface area contributed by atoms with E-state index in [0.717, 1.165) is 107 Å². The summed E-state index contributed by atoms with van der Waals surface area (Å²) in [6, 6.07) is 97.9. The summed E-state index contributed by atoms with van der Waals surface area (Å²) >= 11 is 5.11. The molecule has 17 rings (SSSR count). The summed E-state index contributed by atoms with van der Waals surface area (Å²) in [6.45, 7) is 64.5. The summed E-state index contributed by atoms with van der Waals surface area (Å²) in [4.78, 5) is 41.4. The van der Waals surface area contributed by atoms with E-state index in [1.54, 1.807) is 20.8 Å². The summed E-state index contributed by atoms with van der Waals surface area (Å²) in [5, 5.41) is 32.5. The molecule has 0 fully saturated rings. The fraction of sp³-hybridized carbons (Fsp3) is 0.346. The van der Waals surface area contributed by atoms with Gasteiger partial charge in [0.1, 0.15) is 0 Å². The van der Waals surface area contributed by atoms with Crippen LogP contribution in [0.1, 0.15) is 198 Å². The Labute approximate surface area is 890 Å². The van der Waals surface area contributed by atoms with Crippen molar-refractivity contribution in [1.29, 1.82) is 0 Å². The molecule has 3 aliphatic rings. The predicted octanol–water partition coefficient (Wildman–Crippen LogP) is 32.2. The van der Waals surface area contributed by atoms with Gasteiger partial charge in [0.25, 0.3) is 0 Å². The molecule has 19 heteroatoms. The van der Waals surface area contributed by atoms with Crippen LogP contribution in [0.2, 0.25) is 0 Å². The quantitative estimate of drug-likeness (QED) is 0.0200. The number of hydrogen-bond acceptors (Lipinski definition) is 11. The minimum absolute atomic E-state index is 0. The molecule has 0 spiro atoms. The molecule has 0 aromatic heterocycles. The second-order valence-electron chi connectivity index (χ2n) is 49.3. The van der Waals surface area contributed by atoms with E-state index in [-0.39, 0.29) is 71.5 Å². The number of allylic oxidation sites excluding steroid dienone is 8. The number of nitrogens with zero attached hydrogens (tertiary/aromatic N) is 2. The van der Waals surface area contributed by atoms with Crippen LogP contribution in [-0.2, 0) is 14.4 Å². The fourth-order valence-electron chi connectivity index (χ4n) is 17.8. The number of nitrogen functional groups attached to an aromatic ring is 1. The molecule has 13 nitrogen and oxygen atoms in total. The van der Waals surface area contributed by atoms with Crippen LogP contribution >= 0.6 is 11.6 Å². The topological polar surface area (TPSA) is 182 Å². The van der Waals surface area contributed by atoms with Gasteiger partial charge in [-0.3, -0.25) is 27.3 Å². The fourth-order valence-corrected chi connectivity index (χ4v) is 17.8. The van der Waals surface area contributed by atoms with Crippen molar-refractivity contribution < 1.29 is 32.0 Å². The maximum absolute atomic E-state index is 13.0. The average Bonchev–Trinajstić information content (AvgIpc) is 1.35. The third kappa shape index (κ3) is 33.2. The highest BCUT2D eigenvalue weighted by Gasteiger charge is 2.35. The number of fused-ring (bicyclic) bond motifs is 9. The highest BCUT2D eigenvalue weighted by molar-refractivity contribution is 6.64. The van der Waals surface area contributed by atoms with Gasteiger partial charge in [-0.05, 0) is 170 Å². The van der Waals surface area contributed by atoms with E-state index in [1.807, 2.05) is 102 Å². The van der Waals surface area contributed by atoms with Crippen LogP contribution in [0.3, 0.4) is 0 Å². The lowest BCUT2D eigenvalue weighted by Crippen LogP contribution is -3.00. The van der Waals surface area contributed by atoms with E-state index in [0.29, 0.717) is 0 Å². The summed E-state index contributed by atoms with van der Waals surface area (Å²) in [7, 11) is -3.67. The normalized spacial score (nSPS) is 14.0. The molecule has 0 radical (unpaired) electrons. The zero-order chi connectivity index (χ0) is 108. The molecule has 1 unspecified atom stereocenters. The number of nitrogens with two attached hydrogens (primary N) is 2. The first-order valence-corrected chi connectivity index (χ1v) is 52.1. The van der Waals surface area contributed by atoms with Crippen molar-refractivity contribution in [3.05, 3.63) is 332 Å². The maximum atomic E-state index is 13.0. The van der Waals surface area contributed by atoms with Gasteiger partial charge in [-0.15, -0.1) is 0 Å². The van der Waals surface area contributed by atoms with Crippen molar-refractivity contribution >= 4 is 141 Å². The zero-order valence-electron chi connectivity index (χ0n) is 92.9. The number of amides is 2. The molecule has 14 aromatic carbocycles. The van der Waals surface area contributed by atoms with E-state index in [2.05, 4.69) is 421 Å². The highest BCUT2D eigenvalue weighted by atomic mass is 35.5. The molecule has 1 aliphatic heterocycles. The van der Waals surface area contributed by atoms with Gasteiger partial charge in [0, 0.05) is 169 Å². The zero-order valence-corrected chi connectivity index (χ0v) is 93.6. The Morgan fingerprint density at radius 3 is 0.946 bits per heavy atom. The number of carbonyl (C=O) groups is 3. The molecular formula is C130H159BClF4N10O3-. The van der Waals surface area contributed by atoms with E-state index in [4.69, 9.17) is 23.1 Å². The van der Waals surface area contributed by atoms with Gasteiger partial charge in [0.2, 0.25) is 17.1 Å². The van der Waals surface area contributed by atoms with Crippen LogP contribution < -0.4 is 57.9 Å².